The molecular weight excluding hydrogens is 236 g/mol. The van der Waals surface area contributed by atoms with Gasteiger partial charge in [0.2, 0.25) is 0 Å². The Bertz CT molecular complexity index is 233. The van der Waals surface area contributed by atoms with E-state index in [-0.39, 0.29) is 11.2 Å². The van der Waals surface area contributed by atoms with Gasteiger partial charge in [-0.05, 0) is 67.7 Å². The van der Waals surface area contributed by atoms with Gasteiger partial charge in [-0.15, -0.1) is 0 Å². The quantitative estimate of drug-likeness (QED) is 0.675. The lowest BCUT2D eigenvalue weighted by Crippen LogP contribution is -2.48. The van der Waals surface area contributed by atoms with Crippen LogP contribution >= 0.6 is 0 Å². The molecule has 0 aromatic rings. The summed E-state index contributed by atoms with van der Waals surface area (Å²) in [6.07, 6.45) is 0. The molecule has 0 rings (SSSR count). The second-order valence-electron chi connectivity index (χ2n) is 7.64. The molecule has 3 heteroatoms. The molecule has 2 unspecified atom stereocenters. The van der Waals surface area contributed by atoms with Crippen molar-refractivity contribution in [2.75, 3.05) is 41.3 Å². The van der Waals surface area contributed by atoms with Gasteiger partial charge in [-0.2, -0.15) is 0 Å². The van der Waals surface area contributed by atoms with Crippen LogP contribution in [0.5, 0.6) is 0 Å². The Morgan fingerprint density at radius 3 is 1.21 bits per heavy atom. The minimum atomic E-state index is -0.117. The van der Waals surface area contributed by atoms with E-state index >= 15 is 0 Å². The van der Waals surface area contributed by atoms with Crippen molar-refractivity contribution < 1.29 is 4.74 Å². The average molecular weight is 272 g/mol. The lowest BCUT2D eigenvalue weighted by atomic mass is 9.87. The molecule has 0 radical (unpaired) electrons. The third-order valence-electron chi connectivity index (χ3n) is 4.18. The molecule has 0 amide bonds. The lowest BCUT2D eigenvalue weighted by molar-refractivity contribution is -0.171. The zero-order valence-electron chi connectivity index (χ0n) is 14.9. The van der Waals surface area contributed by atoms with Gasteiger partial charge in [0.05, 0.1) is 11.2 Å². The van der Waals surface area contributed by atoms with Crippen LogP contribution in [0.4, 0.5) is 0 Å². The van der Waals surface area contributed by atoms with Gasteiger partial charge in [0.25, 0.3) is 0 Å². The monoisotopic (exact) mass is 272 g/mol. The molecule has 2 atom stereocenters. The van der Waals surface area contributed by atoms with Crippen molar-refractivity contribution in [1.29, 1.82) is 0 Å². The summed E-state index contributed by atoms with van der Waals surface area (Å²) in [5, 5.41) is 0. The van der Waals surface area contributed by atoms with Gasteiger partial charge in [-0.25, -0.2) is 0 Å². The number of hydrogen-bond acceptors (Lipinski definition) is 3. The fourth-order valence-electron chi connectivity index (χ4n) is 2.41. The Morgan fingerprint density at radius 1 is 0.737 bits per heavy atom. The van der Waals surface area contributed by atoms with E-state index in [2.05, 4.69) is 79.5 Å². The Kier molecular flexibility index (Phi) is 7.01. The molecule has 0 bridgehead atoms. The minimum Gasteiger partial charge on any atom is -0.369 e. The van der Waals surface area contributed by atoms with Crippen molar-refractivity contribution >= 4 is 0 Å². The van der Waals surface area contributed by atoms with Crippen LogP contribution < -0.4 is 0 Å². The summed E-state index contributed by atoms with van der Waals surface area (Å²) in [5.74, 6) is 0.988. The normalized spacial score (nSPS) is 17.1. The molecule has 0 aromatic heterocycles. The van der Waals surface area contributed by atoms with Crippen molar-refractivity contribution in [3.8, 4) is 0 Å². The van der Waals surface area contributed by atoms with Crippen molar-refractivity contribution in [1.82, 2.24) is 9.80 Å². The van der Waals surface area contributed by atoms with Crippen LogP contribution in [0.15, 0.2) is 0 Å². The van der Waals surface area contributed by atoms with Crippen LogP contribution in [0.2, 0.25) is 0 Å². The number of nitrogens with zero attached hydrogens (tertiary/aromatic N) is 2. The van der Waals surface area contributed by atoms with E-state index in [1.807, 2.05) is 0 Å². The molecule has 0 saturated carbocycles. The highest BCUT2D eigenvalue weighted by Gasteiger charge is 2.37. The van der Waals surface area contributed by atoms with E-state index in [0.717, 1.165) is 13.1 Å². The van der Waals surface area contributed by atoms with Crippen LogP contribution in [0.3, 0.4) is 0 Å². The Balaban J connectivity index is 4.69. The highest BCUT2D eigenvalue weighted by Crippen LogP contribution is 2.32. The summed E-state index contributed by atoms with van der Waals surface area (Å²) >= 11 is 0. The fourth-order valence-corrected chi connectivity index (χ4v) is 2.41. The van der Waals surface area contributed by atoms with Gasteiger partial charge in [-0.1, -0.05) is 13.8 Å². The molecule has 0 N–H and O–H groups in total. The Morgan fingerprint density at radius 2 is 1.00 bits per heavy atom. The number of rotatable bonds is 8. The Labute approximate surface area is 121 Å². The summed E-state index contributed by atoms with van der Waals surface area (Å²) < 4.78 is 6.50. The summed E-state index contributed by atoms with van der Waals surface area (Å²) in [6, 6.07) is 0. The first-order valence-corrected chi connectivity index (χ1v) is 7.38. The first-order chi connectivity index (χ1) is 8.38. The standard InChI is InChI=1S/C16H36N2O/c1-13(11-17(7)8)15(3,4)19-16(5,6)14(2)12-18(9)10/h13-14H,11-12H2,1-10H3. The third kappa shape index (κ3) is 6.73. The molecule has 0 fully saturated rings. The molecule has 0 spiro atoms. The minimum absolute atomic E-state index is 0.117. The average Bonchev–Trinajstić information content (AvgIpc) is 2.13. The summed E-state index contributed by atoms with van der Waals surface area (Å²) in [4.78, 5) is 4.46. The van der Waals surface area contributed by atoms with E-state index in [0.29, 0.717) is 11.8 Å². The topological polar surface area (TPSA) is 15.7 Å². The maximum Gasteiger partial charge on any atom is 0.0671 e. The number of ether oxygens (including phenoxy) is 1. The van der Waals surface area contributed by atoms with Crippen molar-refractivity contribution in [3.05, 3.63) is 0 Å². The molecular formula is C16H36N2O. The van der Waals surface area contributed by atoms with E-state index in [9.17, 15) is 0 Å². The molecule has 0 heterocycles. The van der Waals surface area contributed by atoms with E-state index in [4.69, 9.17) is 4.74 Å². The zero-order chi connectivity index (χ0) is 15.4. The number of hydrogen-bond donors (Lipinski definition) is 0. The summed E-state index contributed by atoms with van der Waals surface area (Å²) in [7, 11) is 8.47. The highest BCUT2D eigenvalue weighted by molar-refractivity contribution is 4.86. The summed E-state index contributed by atoms with van der Waals surface area (Å²) in [6.45, 7) is 15.5. The molecule has 19 heavy (non-hydrogen) atoms. The second-order valence-corrected chi connectivity index (χ2v) is 7.64. The molecule has 0 aliphatic rings. The van der Waals surface area contributed by atoms with E-state index in [1.54, 1.807) is 0 Å². The van der Waals surface area contributed by atoms with Gasteiger partial charge in [0.15, 0.2) is 0 Å². The zero-order valence-corrected chi connectivity index (χ0v) is 14.9. The van der Waals surface area contributed by atoms with Crippen LogP contribution in [0.25, 0.3) is 0 Å². The smallest absolute Gasteiger partial charge is 0.0671 e. The second kappa shape index (κ2) is 7.05. The van der Waals surface area contributed by atoms with Crippen molar-refractivity contribution in [2.45, 2.75) is 52.7 Å². The maximum absolute atomic E-state index is 6.50. The van der Waals surface area contributed by atoms with Crippen molar-refractivity contribution in [2.24, 2.45) is 11.8 Å². The molecule has 0 aromatic carbocycles. The van der Waals surface area contributed by atoms with Crippen LogP contribution in [-0.4, -0.2) is 62.3 Å². The van der Waals surface area contributed by atoms with Crippen molar-refractivity contribution in [3.63, 3.8) is 0 Å². The summed E-state index contributed by atoms with van der Waals surface area (Å²) in [5.41, 5.74) is -0.233. The first-order valence-electron chi connectivity index (χ1n) is 7.38. The predicted octanol–water partition coefficient (Wildman–Crippen LogP) is 2.96. The van der Waals surface area contributed by atoms with Gasteiger partial charge in [0.1, 0.15) is 0 Å². The lowest BCUT2D eigenvalue weighted by Gasteiger charge is -2.44. The molecule has 116 valence electrons. The highest BCUT2D eigenvalue weighted by atomic mass is 16.5. The van der Waals surface area contributed by atoms with E-state index < -0.39 is 0 Å². The maximum atomic E-state index is 6.50. The largest absolute Gasteiger partial charge is 0.369 e. The van der Waals surface area contributed by atoms with E-state index in [1.165, 1.54) is 0 Å². The fraction of sp³-hybridized carbons (Fsp3) is 1.00. The molecule has 0 aliphatic carbocycles. The molecule has 3 nitrogen and oxygen atoms in total. The van der Waals surface area contributed by atoms with Gasteiger partial charge in [0, 0.05) is 13.1 Å². The van der Waals surface area contributed by atoms with Gasteiger partial charge < -0.3 is 14.5 Å². The van der Waals surface area contributed by atoms with Crippen LogP contribution in [-0.2, 0) is 4.74 Å². The van der Waals surface area contributed by atoms with Crippen LogP contribution in [0.1, 0.15) is 41.5 Å². The third-order valence-corrected chi connectivity index (χ3v) is 4.18. The SMILES string of the molecule is CC(CN(C)C)C(C)(C)OC(C)(C)C(C)CN(C)C. The van der Waals surface area contributed by atoms with Gasteiger partial charge >= 0.3 is 0 Å². The van der Waals surface area contributed by atoms with Gasteiger partial charge in [-0.3, -0.25) is 0 Å². The predicted molar refractivity (Wildman–Crippen MR) is 84.7 cm³/mol. The van der Waals surface area contributed by atoms with Crippen LogP contribution in [0, 0.1) is 11.8 Å². The molecule has 0 saturated heterocycles. The first kappa shape index (κ1) is 18.9. The molecule has 0 aliphatic heterocycles. The Hall–Kier alpha value is -0.120.